The standard InChI is InChI=1S/C16H10Cl2N2O2/c17-11-5-3-4-10(8-11)15(21)12(9-19)16(22)20-14-7-2-1-6-13(14)18/h1-8,12H,(H,20,22)/t12-/m0/s1. The molecule has 0 aliphatic rings. The number of anilines is 1. The van der Waals surface area contributed by atoms with Crippen LogP contribution in [0.1, 0.15) is 10.4 Å². The van der Waals surface area contributed by atoms with Crippen LogP contribution in [0.15, 0.2) is 48.5 Å². The van der Waals surface area contributed by atoms with Gasteiger partial charge in [0.25, 0.3) is 0 Å². The van der Waals surface area contributed by atoms with Crippen molar-refractivity contribution in [2.45, 2.75) is 0 Å². The number of carbonyl (C=O) groups is 2. The number of hydrogen-bond donors (Lipinski definition) is 1. The number of benzene rings is 2. The number of hydrogen-bond acceptors (Lipinski definition) is 3. The molecule has 1 atom stereocenters. The van der Waals surface area contributed by atoms with Crippen molar-refractivity contribution in [2.24, 2.45) is 5.92 Å². The largest absolute Gasteiger partial charge is 0.323 e. The predicted octanol–water partition coefficient (Wildman–Crippen LogP) is 3.95. The van der Waals surface area contributed by atoms with Crippen LogP contribution in [0.2, 0.25) is 10.0 Å². The maximum atomic E-state index is 12.3. The van der Waals surface area contributed by atoms with Gasteiger partial charge in [0, 0.05) is 10.6 Å². The van der Waals surface area contributed by atoms with Crippen LogP contribution in [0.4, 0.5) is 5.69 Å². The number of halogens is 2. The highest BCUT2D eigenvalue weighted by molar-refractivity contribution is 6.34. The van der Waals surface area contributed by atoms with Gasteiger partial charge in [0.1, 0.15) is 0 Å². The third kappa shape index (κ3) is 3.64. The Kier molecular flexibility index (Phi) is 5.16. The minimum Gasteiger partial charge on any atom is -0.323 e. The molecule has 1 N–H and O–H groups in total. The van der Waals surface area contributed by atoms with Crippen molar-refractivity contribution in [1.29, 1.82) is 5.26 Å². The van der Waals surface area contributed by atoms with Gasteiger partial charge in [-0.2, -0.15) is 5.26 Å². The monoisotopic (exact) mass is 332 g/mol. The summed E-state index contributed by atoms with van der Waals surface area (Å²) < 4.78 is 0. The van der Waals surface area contributed by atoms with Crippen LogP contribution < -0.4 is 5.32 Å². The number of carbonyl (C=O) groups excluding carboxylic acids is 2. The van der Waals surface area contributed by atoms with Gasteiger partial charge in [0.2, 0.25) is 5.91 Å². The van der Waals surface area contributed by atoms with Crippen molar-refractivity contribution < 1.29 is 9.59 Å². The van der Waals surface area contributed by atoms with Crippen molar-refractivity contribution in [1.82, 2.24) is 0 Å². The molecule has 6 heteroatoms. The minimum atomic E-state index is -1.48. The predicted molar refractivity (Wildman–Crippen MR) is 85.0 cm³/mol. The molecule has 1 amide bonds. The van der Waals surface area contributed by atoms with Crippen LogP contribution >= 0.6 is 23.2 Å². The Hall–Kier alpha value is -2.35. The maximum absolute atomic E-state index is 12.3. The van der Waals surface area contributed by atoms with Crippen molar-refractivity contribution in [3.63, 3.8) is 0 Å². The highest BCUT2D eigenvalue weighted by Gasteiger charge is 2.28. The van der Waals surface area contributed by atoms with Gasteiger partial charge in [-0.1, -0.05) is 47.5 Å². The third-order valence-corrected chi connectivity index (χ3v) is 3.46. The van der Waals surface area contributed by atoms with E-state index in [4.69, 9.17) is 28.5 Å². The van der Waals surface area contributed by atoms with Gasteiger partial charge in [-0.3, -0.25) is 9.59 Å². The Morgan fingerprint density at radius 3 is 2.45 bits per heavy atom. The van der Waals surface area contributed by atoms with Gasteiger partial charge in [0.15, 0.2) is 11.7 Å². The topological polar surface area (TPSA) is 70.0 Å². The van der Waals surface area contributed by atoms with Gasteiger partial charge in [0.05, 0.1) is 16.8 Å². The van der Waals surface area contributed by atoms with E-state index < -0.39 is 17.6 Å². The molecule has 0 aliphatic heterocycles. The average molecular weight is 333 g/mol. The molecule has 22 heavy (non-hydrogen) atoms. The maximum Gasteiger partial charge on any atom is 0.249 e. The number of para-hydroxylation sites is 1. The SMILES string of the molecule is N#C[C@H](C(=O)Nc1ccccc1Cl)C(=O)c1cccc(Cl)c1. The molecule has 0 fully saturated rings. The molecule has 0 aliphatic carbocycles. The summed E-state index contributed by atoms with van der Waals surface area (Å²) >= 11 is 11.7. The average Bonchev–Trinajstić information content (AvgIpc) is 2.50. The summed E-state index contributed by atoms with van der Waals surface area (Å²) in [5, 5.41) is 12.3. The highest BCUT2D eigenvalue weighted by Crippen LogP contribution is 2.22. The second-order valence-corrected chi connectivity index (χ2v) is 5.25. The Morgan fingerprint density at radius 2 is 1.82 bits per heavy atom. The quantitative estimate of drug-likeness (QED) is 0.680. The summed E-state index contributed by atoms with van der Waals surface area (Å²) in [6.45, 7) is 0. The summed E-state index contributed by atoms with van der Waals surface area (Å²) in [6, 6.07) is 14.4. The lowest BCUT2D eigenvalue weighted by atomic mass is 9.98. The van der Waals surface area contributed by atoms with Gasteiger partial charge in [-0.05, 0) is 24.3 Å². The van der Waals surface area contributed by atoms with E-state index in [0.29, 0.717) is 15.7 Å². The smallest absolute Gasteiger partial charge is 0.249 e. The fourth-order valence-corrected chi connectivity index (χ4v) is 2.19. The molecule has 0 aromatic heterocycles. The van der Waals surface area contributed by atoms with E-state index in [2.05, 4.69) is 5.32 Å². The van der Waals surface area contributed by atoms with Gasteiger partial charge < -0.3 is 5.32 Å². The zero-order valence-corrected chi connectivity index (χ0v) is 12.7. The number of nitrogens with zero attached hydrogens (tertiary/aromatic N) is 1. The molecule has 0 unspecified atom stereocenters. The third-order valence-electron chi connectivity index (χ3n) is 2.89. The molecule has 0 radical (unpaired) electrons. The molecule has 0 saturated heterocycles. The number of Topliss-reactive ketones (excluding diaryl/α,β-unsaturated/α-hetero) is 1. The first-order valence-electron chi connectivity index (χ1n) is 6.27. The Morgan fingerprint density at radius 1 is 1.09 bits per heavy atom. The first-order valence-corrected chi connectivity index (χ1v) is 7.03. The molecular formula is C16H10Cl2N2O2. The first-order chi connectivity index (χ1) is 10.5. The molecule has 4 nitrogen and oxygen atoms in total. The lowest BCUT2D eigenvalue weighted by molar-refractivity contribution is -0.117. The van der Waals surface area contributed by atoms with Crippen molar-refractivity contribution in [2.75, 3.05) is 5.32 Å². The zero-order valence-electron chi connectivity index (χ0n) is 11.2. The number of nitriles is 1. The van der Waals surface area contributed by atoms with Crippen LogP contribution in [-0.2, 0) is 4.79 Å². The van der Waals surface area contributed by atoms with Crippen molar-refractivity contribution >= 4 is 40.6 Å². The van der Waals surface area contributed by atoms with E-state index in [1.807, 2.05) is 0 Å². The molecule has 2 aromatic carbocycles. The Bertz CT molecular complexity index is 769. The van der Waals surface area contributed by atoms with Crippen LogP contribution in [0.25, 0.3) is 0 Å². The van der Waals surface area contributed by atoms with E-state index in [-0.39, 0.29) is 5.56 Å². The molecule has 0 heterocycles. The summed E-state index contributed by atoms with van der Waals surface area (Å²) in [7, 11) is 0. The number of amides is 1. The van der Waals surface area contributed by atoms with Crippen LogP contribution in [0.3, 0.4) is 0 Å². The van der Waals surface area contributed by atoms with E-state index in [9.17, 15) is 9.59 Å². The molecule has 0 bridgehead atoms. The summed E-state index contributed by atoms with van der Waals surface area (Å²) in [6.07, 6.45) is 0. The van der Waals surface area contributed by atoms with Crippen LogP contribution in [0.5, 0.6) is 0 Å². The molecule has 2 rings (SSSR count). The van der Waals surface area contributed by atoms with E-state index in [1.54, 1.807) is 42.5 Å². The minimum absolute atomic E-state index is 0.202. The lowest BCUT2D eigenvalue weighted by Gasteiger charge is -2.11. The molecule has 2 aromatic rings. The Labute approximate surface area is 137 Å². The highest BCUT2D eigenvalue weighted by atomic mass is 35.5. The van der Waals surface area contributed by atoms with Crippen molar-refractivity contribution in [3.8, 4) is 6.07 Å². The summed E-state index contributed by atoms with van der Waals surface area (Å²) in [5.74, 6) is -2.83. The Balaban J connectivity index is 2.21. The normalized spacial score (nSPS) is 11.3. The number of ketones is 1. The van der Waals surface area contributed by atoms with Crippen LogP contribution in [0, 0.1) is 17.2 Å². The fourth-order valence-electron chi connectivity index (χ4n) is 1.81. The van der Waals surface area contributed by atoms with E-state index >= 15 is 0 Å². The second kappa shape index (κ2) is 7.08. The summed E-state index contributed by atoms with van der Waals surface area (Å²) in [4.78, 5) is 24.4. The van der Waals surface area contributed by atoms with Gasteiger partial charge in [-0.25, -0.2) is 0 Å². The van der Waals surface area contributed by atoms with E-state index in [1.165, 1.54) is 12.1 Å². The molecule has 110 valence electrons. The molecular weight excluding hydrogens is 323 g/mol. The number of nitrogens with one attached hydrogen (secondary N) is 1. The van der Waals surface area contributed by atoms with Gasteiger partial charge >= 0.3 is 0 Å². The molecule has 0 spiro atoms. The van der Waals surface area contributed by atoms with Gasteiger partial charge in [-0.15, -0.1) is 0 Å². The first kappa shape index (κ1) is 16.0. The number of rotatable bonds is 4. The van der Waals surface area contributed by atoms with E-state index in [0.717, 1.165) is 0 Å². The fraction of sp³-hybridized carbons (Fsp3) is 0.0625. The molecule has 0 saturated carbocycles. The second-order valence-electron chi connectivity index (χ2n) is 4.41. The van der Waals surface area contributed by atoms with Crippen LogP contribution in [-0.4, -0.2) is 11.7 Å². The summed E-state index contributed by atoms with van der Waals surface area (Å²) in [5.41, 5.74) is 0.543. The lowest BCUT2D eigenvalue weighted by Crippen LogP contribution is -2.28. The zero-order chi connectivity index (χ0) is 16.1. The van der Waals surface area contributed by atoms with Crippen molar-refractivity contribution in [3.05, 3.63) is 64.1 Å².